The van der Waals surface area contributed by atoms with Gasteiger partial charge in [0.1, 0.15) is 11.1 Å². The van der Waals surface area contributed by atoms with Crippen molar-refractivity contribution >= 4 is 34.4 Å². The van der Waals surface area contributed by atoms with E-state index in [-0.39, 0.29) is 23.3 Å². The Bertz CT molecular complexity index is 3970. The van der Waals surface area contributed by atoms with Crippen LogP contribution in [0.15, 0.2) is 288 Å². The van der Waals surface area contributed by atoms with E-state index in [2.05, 4.69) is 173 Å². The van der Waals surface area contributed by atoms with Crippen molar-refractivity contribution in [2.75, 3.05) is 7.11 Å². The Labute approximate surface area is 506 Å². The van der Waals surface area contributed by atoms with Gasteiger partial charge in [-0.25, -0.2) is 19.8 Å². The standard InChI is InChI=1S/C27H23NO.C26H27NO.C25H23NO3/c1-27(19-20-16-17-21-10-8-9-15-24(21)18-20)25(22-11-4-2-5-12-22)29-26(28-27)23-13-6-3-7-14-23;1-19(2)21-16-14-20(15-17-21)18-26(3)24(22-10-6-4-7-11-22)28-25(27-26)23-12-8-5-9-13-23;1-18-10-9-11-19(16-18)17-25(24(27)28-2)22(20-12-5-3-6-13-20)29-23(26-25)21-14-7-4-8-15-21/h2-18,25H,19H2,1H3;4-17,19,24H,18H2,1-3H3;3-16,22H,17H2,1-2H3/t25-,27-;24-,26-;22-,25-/m000/s1. The largest absolute Gasteiger partial charge is 0.467 e. The highest BCUT2D eigenvalue weighted by Gasteiger charge is 2.54. The summed E-state index contributed by atoms with van der Waals surface area (Å²) in [5.74, 6) is 2.05. The molecule has 430 valence electrons. The molecule has 10 aromatic rings. The van der Waals surface area contributed by atoms with E-state index in [9.17, 15) is 4.79 Å². The lowest BCUT2D eigenvalue weighted by atomic mass is 9.82. The number of carbonyl (C=O) groups excluding carboxylic acids is 1. The van der Waals surface area contributed by atoms with Crippen LogP contribution in [0.4, 0.5) is 0 Å². The van der Waals surface area contributed by atoms with Gasteiger partial charge in [0.2, 0.25) is 23.2 Å². The summed E-state index contributed by atoms with van der Waals surface area (Å²) >= 11 is 0. The average molecular weight is 1130 g/mol. The van der Waals surface area contributed by atoms with Gasteiger partial charge in [-0.3, -0.25) is 0 Å². The lowest BCUT2D eigenvalue weighted by Gasteiger charge is -2.29. The maximum absolute atomic E-state index is 13.2. The second-order valence-corrected chi connectivity index (χ2v) is 23.3. The molecule has 10 aromatic carbocycles. The maximum Gasteiger partial charge on any atom is 0.338 e. The normalized spacial score (nSPS) is 21.0. The van der Waals surface area contributed by atoms with Gasteiger partial charge in [0.15, 0.2) is 18.3 Å². The van der Waals surface area contributed by atoms with Crippen molar-refractivity contribution in [3.8, 4) is 0 Å². The monoisotopic (exact) mass is 1130 g/mol. The van der Waals surface area contributed by atoms with Gasteiger partial charge in [-0.05, 0) is 113 Å². The third-order valence-electron chi connectivity index (χ3n) is 16.3. The molecule has 0 aliphatic carbocycles. The van der Waals surface area contributed by atoms with E-state index in [4.69, 9.17) is 33.9 Å². The molecule has 3 heterocycles. The van der Waals surface area contributed by atoms with E-state index < -0.39 is 17.6 Å². The molecule has 0 radical (unpaired) electrons. The topological polar surface area (TPSA) is 91.1 Å². The molecular formula is C78H73N3O5. The number of hydrogen-bond donors (Lipinski definition) is 0. The van der Waals surface area contributed by atoms with Gasteiger partial charge in [0.05, 0.1) is 7.11 Å². The number of nitrogens with zero attached hydrogens (tertiary/aromatic N) is 3. The fraction of sp³-hybridized carbons (Fsp3) is 0.205. The SMILES string of the molecule is CC(C)c1ccc(C[C@]2(C)N=C(c3ccccc3)O[C@H]2c2ccccc2)cc1.COC(=O)[C@@]1(Cc2cccc(C)c2)N=C(c2ccccc2)O[C@H]1c1ccccc1.C[C@@]1(Cc2ccc3ccccc3c2)N=C(c2ccccc2)O[C@H]1c1ccccc1. The number of aryl methyl sites for hydroxylation is 1. The first-order valence-corrected chi connectivity index (χ1v) is 29.7. The number of benzene rings is 10. The van der Waals surface area contributed by atoms with Gasteiger partial charge in [-0.1, -0.05) is 256 Å². The summed E-state index contributed by atoms with van der Waals surface area (Å²) in [6.07, 6.45) is 1.23. The third kappa shape index (κ3) is 13.2. The average Bonchev–Trinajstić information content (AvgIpc) is 2.24. The van der Waals surface area contributed by atoms with Crippen LogP contribution in [0.3, 0.4) is 0 Å². The Kier molecular flexibility index (Phi) is 17.6. The summed E-state index contributed by atoms with van der Waals surface area (Å²) in [7, 11) is 1.40. The third-order valence-corrected chi connectivity index (χ3v) is 16.3. The van der Waals surface area contributed by atoms with E-state index in [1.165, 1.54) is 40.1 Å². The molecule has 3 aliphatic rings. The number of aliphatic imine (C=N–C) groups is 3. The van der Waals surface area contributed by atoms with Crippen LogP contribution in [0.1, 0.15) is 113 Å². The highest BCUT2D eigenvalue weighted by Crippen LogP contribution is 2.45. The quantitative estimate of drug-likeness (QED) is 0.101. The van der Waals surface area contributed by atoms with Crippen molar-refractivity contribution in [1.29, 1.82) is 0 Å². The number of methoxy groups -OCH3 is 1. The smallest absolute Gasteiger partial charge is 0.338 e. The van der Waals surface area contributed by atoms with Crippen molar-refractivity contribution in [3.63, 3.8) is 0 Å². The number of fused-ring (bicyclic) bond motifs is 1. The van der Waals surface area contributed by atoms with E-state index in [0.717, 1.165) is 63.6 Å². The Morgan fingerprint density at radius 3 is 1.28 bits per heavy atom. The number of carbonyl (C=O) groups is 1. The fourth-order valence-corrected chi connectivity index (χ4v) is 11.9. The van der Waals surface area contributed by atoms with Gasteiger partial charge >= 0.3 is 5.97 Å². The van der Waals surface area contributed by atoms with Crippen molar-refractivity contribution in [2.24, 2.45) is 15.0 Å². The molecule has 0 bridgehead atoms. The van der Waals surface area contributed by atoms with Crippen molar-refractivity contribution in [1.82, 2.24) is 0 Å². The molecule has 0 saturated heterocycles. The maximum atomic E-state index is 13.2. The molecule has 13 rings (SSSR count). The van der Waals surface area contributed by atoms with E-state index in [1.807, 2.05) is 134 Å². The fourth-order valence-electron chi connectivity index (χ4n) is 11.9. The molecule has 8 heteroatoms. The molecule has 0 aromatic heterocycles. The zero-order valence-corrected chi connectivity index (χ0v) is 49.8. The molecule has 3 aliphatic heterocycles. The minimum atomic E-state index is -1.20. The minimum Gasteiger partial charge on any atom is -0.467 e. The molecule has 86 heavy (non-hydrogen) atoms. The van der Waals surface area contributed by atoms with Crippen molar-refractivity contribution in [2.45, 2.75) is 94.7 Å². The predicted octanol–water partition coefficient (Wildman–Crippen LogP) is 17.4. The van der Waals surface area contributed by atoms with Crippen LogP contribution < -0.4 is 0 Å². The second-order valence-electron chi connectivity index (χ2n) is 23.3. The van der Waals surface area contributed by atoms with Gasteiger partial charge in [0.25, 0.3) is 0 Å². The second kappa shape index (κ2) is 26.1. The van der Waals surface area contributed by atoms with Gasteiger partial charge < -0.3 is 18.9 Å². The first-order chi connectivity index (χ1) is 41.9. The van der Waals surface area contributed by atoms with Gasteiger partial charge in [0, 0.05) is 36.0 Å². The molecule has 0 N–H and O–H groups in total. The summed E-state index contributed by atoms with van der Waals surface area (Å²) < 4.78 is 24.5. The van der Waals surface area contributed by atoms with Crippen LogP contribution in [0.2, 0.25) is 0 Å². The number of rotatable bonds is 14. The van der Waals surface area contributed by atoms with Crippen LogP contribution in [-0.2, 0) is 43.0 Å². The number of hydrogen-bond acceptors (Lipinski definition) is 8. The summed E-state index contributed by atoms with van der Waals surface area (Å²) in [4.78, 5) is 28.3. The van der Waals surface area contributed by atoms with Crippen molar-refractivity contribution in [3.05, 3.63) is 334 Å². The van der Waals surface area contributed by atoms with E-state index in [0.29, 0.717) is 18.2 Å². The predicted molar refractivity (Wildman–Crippen MR) is 348 cm³/mol. The lowest BCUT2D eigenvalue weighted by Crippen LogP contribution is -2.44. The van der Waals surface area contributed by atoms with Gasteiger partial charge in [-0.2, -0.15) is 0 Å². The summed E-state index contributed by atoms with van der Waals surface area (Å²) in [6, 6.07) is 92.9. The van der Waals surface area contributed by atoms with E-state index >= 15 is 0 Å². The molecular weight excluding hydrogens is 1060 g/mol. The Morgan fingerprint density at radius 1 is 0.419 bits per heavy atom. The molecule has 0 spiro atoms. The van der Waals surface area contributed by atoms with Crippen LogP contribution in [0.5, 0.6) is 0 Å². The first-order valence-electron chi connectivity index (χ1n) is 29.7. The number of esters is 1. The summed E-state index contributed by atoms with van der Waals surface area (Å²) in [5, 5.41) is 2.52. The first kappa shape index (κ1) is 58.1. The van der Waals surface area contributed by atoms with E-state index in [1.54, 1.807) is 0 Å². The summed E-state index contributed by atoms with van der Waals surface area (Å²) in [6.45, 7) is 10.9. The zero-order valence-electron chi connectivity index (χ0n) is 49.8. The van der Waals surface area contributed by atoms with Gasteiger partial charge in [-0.15, -0.1) is 0 Å². The number of ether oxygens (including phenoxy) is 4. The Balaban J connectivity index is 0.000000134. The molecule has 0 fully saturated rings. The van der Waals surface area contributed by atoms with Crippen LogP contribution in [-0.4, -0.2) is 47.4 Å². The van der Waals surface area contributed by atoms with Crippen molar-refractivity contribution < 1.29 is 23.7 Å². The molecule has 6 atom stereocenters. The Hall–Kier alpha value is -9.66. The molecule has 8 nitrogen and oxygen atoms in total. The lowest BCUT2D eigenvalue weighted by molar-refractivity contribution is -0.150. The summed E-state index contributed by atoms with van der Waals surface area (Å²) in [5.41, 5.74) is 10.2. The highest BCUT2D eigenvalue weighted by molar-refractivity contribution is 6.00. The van der Waals surface area contributed by atoms with Crippen LogP contribution in [0.25, 0.3) is 10.8 Å². The molecule has 0 unspecified atom stereocenters. The Morgan fingerprint density at radius 2 is 0.814 bits per heavy atom. The minimum absolute atomic E-state index is 0.103. The molecule has 0 saturated carbocycles. The molecule has 0 amide bonds. The highest BCUT2D eigenvalue weighted by atomic mass is 16.5. The van der Waals surface area contributed by atoms with Crippen LogP contribution in [0, 0.1) is 6.92 Å². The van der Waals surface area contributed by atoms with Crippen LogP contribution >= 0.6 is 0 Å². The zero-order chi connectivity index (χ0) is 59.5.